The van der Waals surface area contributed by atoms with Crippen LogP contribution in [0.2, 0.25) is 0 Å². The quantitative estimate of drug-likeness (QED) is 0.313. The van der Waals surface area contributed by atoms with Crippen molar-refractivity contribution in [2.75, 3.05) is 20.2 Å². The summed E-state index contributed by atoms with van der Waals surface area (Å²) in [6.45, 7) is 5.88. The Morgan fingerprint density at radius 1 is 1.14 bits per heavy atom. The second-order valence-electron chi connectivity index (χ2n) is 9.73. The van der Waals surface area contributed by atoms with Gasteiger partial charge in [-0.2, -0.15) is 4.58 Å². The van der Waals surface area contributed by atoms with E-state index < -0.39 is 0 Å². The first-order chi connectivity index (χ1) is 16.4. The number of allylic oxidation sites excluding steroid dienone is 4. The summed E-state index contributed by atoms with van der Waals surface area (Å²) in [4.78, 5) is 0. The zero-order valence-electron chi connectivity index (χ0n) is 20.5. The van der Waals surface area contributed by atoms with Crippen LogP contribution in [0.15, 0.2) is 65.5 Å². The topological polar surface area (TPSA) is 47.5 Å². The number of hydrogen-bond donors (Lipinski definition) is 1. The highest BCUT2D eigenvalue weighted by Gasteiger charge is 2.43. The van der Waals surface area contributed by atoms with Gasteiger partial charge in [-0.15, -0.1) is 0 Å². The minimum atomic E-state index is -0.0455. The molecule has 0 spiro atoms. The molecule has 0 radical (unpaired) electrons. The highest BCUT2D eigenvalue weighted by Crippen LogP contribution is 2.42. The zero-order chi connectivity index (χ0) is 23.9. The van der Waals surface area contributed by atoms with E-state index in [-0.39, 0.29) is 17.8 Å². The fourth-order valence-corrected chi connectivity index (χ4v) is 5.69. The van der Waals surface area contributed by atoms with Gasteiger partial charge in [-0.3, -0.25) is 0 Å². The van der Waals surface area contributed by atoms with Gasteiger partial charge in [0, 0.05) is 32.9 Å². The highest BCUT2D eigenvalue weighted by molar-refractivity contribution is 14.1. The Morgan fingerprint density at radius 3 is 2.77 bits per heavy atom. The molecule has 0 saturated heterocycles. The number of nitrogens with zero attached hydrogens (tertiary/aromatic N) is 1. The maximum Gasteiger partial charge on any atom is 0.209 e. The van der Waals surface area contributed by atoms with Crippen LogP contribution in [0.5, 0.6) is 11.5 Å². The molecule has 4 nitrogen and oxygen atoms in total. The van der Waals surface area contributed by atoms with Gasteiger partial charge in [0.1, 0.15) is 24.3 Å². The number of rotatable bonds is 6. The largest absolute Gasteiger partial charge is 1.00 e. The van der Waals surface area contributed by atoms with Crippen LogP contribution in [-0.4, -0.2) is 30.5 Å². The van der Waals surface area contributed by atoms with Crippen molar-refractivity contribution in [3.05, 3.63) is 80.2 Å². The lowest BCUT2D eigenvalue weighted by Crippen LogP contribution is -3.00. The van der Waals surface area contributed by atoms with Gasteiger partial charge in [0.2, 0.25) is 5.69 Å². The van der Waals surface area contributed by atoms with Crippen LogP contribution in [0, 0.1) is 3.57 Å². The van der Waals surface area contributed by atoms with Crippen molar-refractivity contribution in [3.8, 4) is 11.5 Å². The molecule has 2 N–H and O–H groups in total. The second kappa shape index (κ2) is 10.5. The van der Waals surface area contributed by atoms with Crippen molar-refractivity contribution >= 4 is 40.1 Å². The molecular formula is C29H32ClIN2O2. The van der Waals surface area contributed by atoms with Gasteiger partial charge < -0.3 is 27.6 Å². The van der Waals surface area contributed by atoms with E-state index in [1.54, 1.807) is 0 Å². The van der Waals surface area contributed by atoms with Gasteiger partial charge in [0.15, 0.2) is 5.71 Å². The third kappa shape index (κ3) is 4.95. The van der Waals surface area contributed by atoms with Crippen LogP contribution >= 0.6 is 22.6 Å². The third-order valence-corrected chi connectivity index (χ3v) is 7.73. The standard InChI is InChI=1S/C29H32IN2O2.ClH/c1-29(2)24-17-22(30)10-12-25(24)32(3)27(29)13-9-19-6-4-7-21-16-20-8-11-23(33-15-5-14-31)18-26(20)34-28(19)21;/h8-13,16-18H,4-7,14-15,31H2,1-3H3;1H/q+1;/p-1/b13-9+;. The van der Waals surface area contributed by atoms with Gasteiger partial charge in [0.25, 0.3) is 0 Å². The Labute approximate surface area is 228 Å². The monoisotopic (exact) mass is 602 g/mol. The van der Waals surface area contributed by atoms with Crippen molar-refractivity contribution in [1.29, 1.82) is 0 Å². The first-order valence-corrected chi connectivity index (χ1v) is 13.1. The van der Waals surface area contributed by atoms with Gasteiger partial charge >= 0.3 is 0 Å². The van der Waals surface area contributed by atoms with Crippen LogP contribution in [0.4, 0.5) is 5.69 Å². The highest BCUT2D eigenvalue weighted by atomic mass is 127. The summed E-state index contributed by atoms with van der Waals surface area (Å²) in [5.74, 6) is 2.71. The van der Waals surface area contributed by atoms with E-state index in [2.05, 4.69) is 90.6 Å². The summed E-state index contributed by atoms with van der Waals surface area (Å²) in [6, 6.07) is 12.8. The first-order valence-electron chi connectivity index (χ1n) is 12.1. The predicted molar refractivity (Wildman–Crippen MR) is 147 cm³/mol. The molecule has 2 aromatic rings. The second-order valence-corrected chi connectivity index (χ2v) is 11.0. The molecule has 184 valence electrons. The molecule has 0 saturated carbocycles. The molecule has 6 heteroatoms. The fourth-order valence-electron chi connectivity index (χ4n) is 5.20. The maximum atomic E-state index is 6.50. The lowest BCUT2D eigenvalue weighted by molar-refractivity contribution is -0.401. The van der Waals surface area contributed by atoms with E-state index in [0.29, 0.717) is 13.2 Å². The van der Waals surface area contributed by atoms with Crippen LogP contribution in [0.25, 0.3) is 6.08 Å². The van der Waals surface area contributed by atoms with E-state index in [4.69, 9.17) is 15.2 Å². The average molecular weight is 603 g/mol. The fraction of sp³-hybridized carbons (Fsp3) is 0.345. The number of benzene rings is 2. The smallest absolute Gasteiger partial charge is 0.209 e. The molecule has 3 aliphatic rings. The van der Waals surface area contributed by atoms with Crippen molar-refractivity contribution < 1.29 is 26.5 Å². The molecule has 5 rings (SSSR count). The third-order valence-electron chi connectivity index (χ3n) is 7.06. The number of fused-ring (bicyclic) bond motifs is 3. The van der Waals surface area contributed by atoms with E-state index in [1.807, 2.05) is 12.1 Å². The van der Waals surface area contributed by atoms with Crippen molar-refractivity contribution in [1.82, 2.24) is 0 Å². The van der Waals surface area contributed by atoms with Crippen LogP contribution in [0.3, 0.4) is 0 Å². The van der Waals surface area contributed by atoms with Crippen LogP contribution in [-0.2, 0) is 5.41 Å². The molecule has 1 aliphatic carbocycles. The van der Waals surface area contributed by atoms with Crippen molar-refractivity contribution in [3.63, 3.8) is 0 Å². The number of ether oxygens (including phenoxy) is 2. The molecule has 35 heavy (non-hydrogen) atoms. The minimum absolute atomic E-state index is 0. The molecule has 0 aromatic heterocycles. The van der Waals surface area contributed by atoms with Crippen molar-refractivity contribution in [2.24, 2.45) is 5.73 Å². The Kier molecular flexibility index (Phi) is 7.79. The van der Waals surface area contributed by atoms with E-state index in [9.17, 15) is 0 Å². The van der Waals surface area contributed by atoms with Gasteiger partial charge in [0.05, 0.1) is 12.0 Å². The molecule has 0 atom stereocenters. The average Bonchev–Trinajstić information content (AvgIpc) is 3.01. The maximum absolute atomic E-state index is 6.50. The van der Waals surface area contributed by atoms with E-state index >= 15 is 0 Å². The normalized spacial score (nSPS) is 17.9. The summed E-state index contributed by atoms with van der Waals surface area (Å²) in [5, 5.41) is 0. The Hall–Kier alpha value is -2.09. The number of nitrogens with two attached hydrogens (primary N) is 1. The molecular weight excluding hydrogens is 571 g/mol. The summed E-state index contributed by atoms with van der Waals surface area (Å²) in [7, 11) is 2.17. The molecule has 0 unspecified atom stereocenters. The zero-order valence-corrected chi connectivity index (χ0v) is 23.4. The summed E-state index contributed by atoms with van der Waals surface area (Å²) in [6.07, 6.45) is 10.9. The minimum Gasteiger partial charge on any atom is -1.00 e. The van der Waals surface area contributed by atoms with Gasteiger partial charge in [-0.25, -0.2) is 0 Å². The van der Waals surface area contributed by atoms with Crippen molar-refractivity contribution in [2.45, 2.75) is 44.9 Å². The van der Waals surface area contributed by atoms with Gasteiger partial charge in [-0.05, 0) is 116 Å². The summed E-state index contributed by atoms with van der Waals surface area (Å²) < 4.78 is 15.9. The van der Waals surface area contributed by atoms with E-state index in [1.165, 1.54) is 31.7 Å². The Balaban J connectivity index is 0.00000289. The van der Waals surface area contributed by atoms with Crippen LogP contribution < -0.4 is 27.6 Å². The Morgan fingerprint density at radius 2 is 1.97 bits per heavy atom. The summed E-state index contributed by atoms with van der Waals surface area (Å²) >= 11 is 2.40. The molecule has 0 bridgehead atoms. The lowest BCUT2D eigenvalue weighted by atomic mass is 9.81. The lowest BCUT2D eigenvalue weighted by Gasteiger charge is -2.27. The molecule has 2 aromatic carbocycles. The SMILES string of the molecule is C[N+]1=C(/C=C/C2=C3Oc4cc(OCCCN)ccc4C=C3CCC2)C(C)(C)c2cc(I)ccc21.[Cl-]. The Bertz CT molecular complexity index is 1270. The molecule has 2 heterocycles. The van der Waals surface area contributed by atoms with Crippen LogP contribution in [0.1, 0.15) is 50.7 Å². The molecule has 2 aliphatic heterocycles. The molecule has 0 fully saturated rings. The number of halogens is 2. The predicted octanol–water partition coefficient (Wildman–Crippen LogP) is 3.50. The van der Waals surface area contributed by atoms with E-state index in [0.717, 1.165) is 48.5 Å². The summed E-state index contributed by atoms with van der Waals surface area (Å²) in [5.41, 5.74) is 13.2. The van der Waals surface area contributed by atoms with Gasteiger partial charge in [-0.1, -0.05) is 0 Å². The number of hydrogen-bond acceptors (Lipinski definition) is 3. The first kappa shape index (κ1) is 26.0. The molecule has 0 amide bonds.